The third kappa shape index (κ3) is 3.24. The van der Waals surface area contributed by atoms with E-state index in [-0.39, 0.29) is 12.6 Å². The second-order valence-corrected chi connectivity index (χ2v) is 4.07. The molecule has 5 heteroatoms. The Morgan fingerprint density at radius 2 is 2.13 bits per heavy atom. The number of methoxy groups -OCH3 is 1. The summed E-state index contributed by atoms with van der Waals surface area (Å²) >= 11 is 11.8. The van der Waals surface area contributed by atoms with E-state index in [9.17, 15) is 0 Å². The van der Waals surface area contributed by atoms with Gasteiger partial charge in [-0.15, -0.1) is 0 Å². The van der Waals surface area contributed by atoms with Crippen LogP contribution in [-0.4, -0.2) is 24.9 Å². The number of benzene rings is 1. The van der Waals surface area contributed by atoms with Crippen molar-refractivity contribution in [2.45, 2.75) is 12.5 Å². The fraction of sp³-hybridized carbons (Fsp3) is 0.400. The first-order valence-corrected chi connectivity index (χ1v) is 5.22. The largest absolute Gasteiger partial charge is 0.495 e. The molecule has 1 atom stereocenters. The monoisotopic (exact) mass is 249 g/mol. The third-order valence-electron chi connectivity index (χ3n) is 2.01. The van der Waals surface area contributed by atoms with Crippen LogP contribution in [0.5, 0.6) is 5.75 Å². The summed E-state index contributed by atoms with van der Waals surface area (Å²) in [6.45, 7) is -0.0900. The van der Waals surface area contributed by atoms with Gasteiger partial charge in [0.25, 0.3) is 0 Å². The van der Waals surface area contributed by atoms with Crippen molar-refractivity contribution < 1.29 is 9.84 Å². The number of halogens is 2. The molecule has 0 amide bonds. The van der Waals surface area contributed by atoms with Crippen molar-refractivity contribution in [1.29, 1.82) is 0 Å². The van der Waals surface area contributed by atoms with Crippen LogP contribution in [0, 0.1) is 0 Å². The van der Waals surface area contributed by atoms with Crippen molar-refractivity contribution >= 4 is 23.2 Å². The third-order valence-corrected chi connectivity index (χ3v) is 2.51. The molecule has 1 aromatic carbocycles. The fourth-order valence-corrected chi connectivity index (χ4v) is 1.95. The highest BCUT2D eigenvalue weighted by Gasteiger charge is 2.12. The first kappa shape index (κ1) is 12.6. The molecule has 3 N–H and O–H groups in total. The number of aliphatic hydroxyl groups is 1. The molecule has 0 aliphatic heterocycles. The summed E-state index contributed by atoms with van der Waals surface area (Å²) in [4.78, 5) is 0. The van der Waals surface area contributed by atoms with E-state index >= 15 is 0 Å². The maximum Gasteiger partial charge on any atom is 0.140 e. The molecule has 0 heterocycles. The second kappa shape index (κ2) is 5.56. The van der Waals surface area contributed by atoms with Gasteiger partial charge in [0.15, 0.2) is 0 Å². The molecule has 0 bridgehead atoms. The van der Waals surface area contributed by atoms with Crippen LogP contribution in [-0.2, 0) is 6.42 Å². The van der Waals surface area contributed by atoms with Crippen molar-refractivity contribution in [2.24, 2.45) is 5.73 Å². The van der Waals surface area contributed by atoms with E-state index in [2.05, 4.69) is 0 Å². The number of hydrogen-bond donors (Lipinski definition) is 2. The average Bonchev–Trinajstić information content (AvgIpc) is 2.17. The van der Waals surface area contributed by atoms with Gasteiger partial charge in [0.2, 0.25) is 0 Å². The maximum absolute atomic E-state index is 8.87. The van der Waals surface area contributed by atoms with Gasteiger partial charge >= 0.3 is 0 Å². The van der Waals surface area contributed by atoms with Crippen LogP contribution in [0.15, 0.2) is 12.1 Å². The standard InChI is InChI=1S/C10H13Cl2NO2/c1-15-10-6(3-8(13)5-14)2-7(11)4-9(10)12/h2,4,8,14H,3,5,13H2,1H3. The Morgan fingerprint density at radius 3 is 2.67 bits per heavy atom. The minimum absolute atomic E-state index is 0.0900. The Bertz CT molecular complexity index is 344. The predicted molar refractivity (Wildman–Crippen MR) is 61.8 cm³/mol. The molecule has 0 saturated carbocycles. The summed E-state index contributed by atoms with van der Waals surface area (Å²) in [5.41, 5.74) is 6.44. The lowest BCUT2D eigenvalue weighted by atomic mass is 10.1. The molecular formula is C10H13Cl2NO2. The van der Waals surface area contributed by atoms with E-state index in [0.717, 1.165) is 5.56 Å². The lowest BCUT2D eigenvalue weighted by Gasteiger charge is -2.13. The Balaban J connectivity index is 3.03. The number of hydrogen-bond acceptors (Lipinski definition) is 3. The van der Waals surface area contributed by atoms with Crippen LogP contribution in [0.25, 0.3) is 0 Å². The highest BCUT2D eigenvalue weighted by Crippen LogP contribution is 2.32. The van der Waals surface area contributed by atoms with E-state index in [4.69, 9.17) is 38.8 Å². The topological polar surface area (TPSA) is 55.5 Å². The molecule has 0 aliphatic rings. The summed E-state index contributed by atoms with van der Waals surface area (Å²) in [5.74, 6) is 0.560. The van der Waals surface area contributed by atoms with Crippen LogP contribution < -0.4 is 10.5 Å². The summed E-state index contributed by atoms with van der Waals surface area (Å²) in [5, 5.41) is 9.84. The van der Waals surface area contributed by atoms with Crippen molar-refractivity contribution in [3.63, 3.8) is 0 Å². The Kier molecular flexibility index (Phi) is 4.67. The van der Waals surface area contributed by atoms with Crippen LogP contribution in [0.1, 0.15) is 5.56 Å². The second-order valence-electron chi connectivity index (χ2n) is 3.23. The number of rotatable bonds is 4. The van der Waals surface area contributed by atoms with Gasteiger partial charge < -0.3 is 15.6 Å². The van der Waals surface area contributed by atoms with Gasteiger partial charge in [0.1, 0.15) is 5.75 Å². The molecule has 0 aromatic heterocycles. The first-order chi connectivity index (χ1) is 7.08. The smallest absolute Gasteiger partial charge is 0.140 e. The molecule has 3 nitrogen and oxygen atoms in total. The summed E-state index contributed by atoms with van der Waals surface area (Å²) in [6, 6.07) is 3.01. The molecular weight excluding hydrogens is 237 g/mol. The lowest BCUT2D eigenvalue weighted by molar-refractivity contribution is 0.264. The summed E-state index contributed by atoms with van der Waals surface area (Å²) in [6.07, 6.45) is 0.472. The molecule has 1 unspecified atom stereocenters. The zero-order valence-corrected chi connectivity index (χ0v) is 9.85. The van der Waals surface area contributed by atoms with Crippen molar-refractivity contribution in [3.8, 4) is 5.75 Å². The van der Waals surface area contributed by atoms with Crippen LogP contribution in [0.4, 0.5) is 0 Å². The normalized spacial score (nSPS) is 12.6. The Labute approximate surface area is 98.7 Å². The van der Waals surface area contributed by atoms with Crippen molar-refractivity contribution in [2.75, 3.05) is 13.7 Å². The van der Waals surface area contributed by atoms with Crippen molar-refractivity contribution in [1.82, 2.24) is 0 Å². The minimum Gasteiger partial charge on any atom is -0.495 e. The number of ether oxygens (including phenoxy) is 1. The summed E-state index contributed by atoms with van der Waals surface area (Å²) < 4.78 is 5.15. The lowest BCUT2D eigenvalue weighted by Crippen LogP contribution is -2.27. The highest BCUT2D eigenvalue weighted by molar-refractivity contribution is 6.35. The van der Waals surface area contributed by atoms with Gasteiger partial charge in [-0.2, -0.15) is 0 Å². The molecule has 1 aromatic rings. The van der Waals surface area contributed by atoms with E-state index < -0.39 is 0 Å². The molecule has 15 heavy (non-hydrogen) atoms. The quantitative estimate of drug-likeness (QED) is 0.857. The van der Waals surface area contributed by atoms with Gasteiger partial charge in [-0.25, -0.2) is 0 Å². The van der Waals surface area contributed by atoms with Gasteiger partial charge in [-0.3, -0.25) is 0 Å². The molecule has 0 saturated heterocycles. The molecule has 0 radical (unpaired) electrons. The minimum atomic E-state index is -0.339. The van der Waals surface area contributed by atoms with Crippen LogP contribution in [0.3, 0.4) is 0 Å². The maximum atomic E-state index is 8.87. The van der Waals surface area contributed by atoms with Gasteiger partial charge in [-0.1, -0.05) is 23.2 Å². The summed E-state index contributed by atoms with van der Waals surface area (Å²) in [7, 11) is 1.53. The molecule has 0 aliphatic carbocycles. The SMILES string of the molecule is COc1c(Cl)cc(Cl)cc1CC(N)CO. The fourth-order valence-electron chi connectivity index (χ4n) is 1.34. The van der Waals surface area contributed by atoms with Gasteiger partial charge in [-0.05, 0) is 24.1 Å². The van der Waals surface area contributed by atoms with Gasteiger partial charge in [0.05, 0.1) is 18.7 Å². The Morgan fingerprint density at radius 1 is 1.47 bits per heavy atom. The first-order valence-electron chi connectivity index (χ1n) is 4.46. The zero-order chi connectivity index (χ0) is 11.4. The average molecular weight is 250 g/mol. The van der Waals surface area contributed by atoms with E-state index in [1.54, 1.807) is 12.1 Å². The zero-order valence-electron chi connectivity index (χ0n) is 8.34. The van der Waals surface area contributed by atoms with E-state index in [0.29, 0.717) is 22.2 Å². The highest BCUT2D eigenvalue weighted by atomic mass is 35.5. The predicted octanol–water partition coefficient (Wildman–Crippen LogP) is 1.86. The molecule has 1 rings (SSSR count). The molecule has 0 fully saturated rings. The van der Waals surface area contributed by atoms with Crippen molar-refractivity contribution in [3.05, 3.63) is 27.7 Å². The number of nitrogens with two attached hydrogens (primary N) is 1. The van der Waals surface area contributed by atoms with Crippen LogP contribution >= 0.6 is 23.2 Å². The van der Waals surface area contributed by atoms with E-state index in [1.807, 2.05) is 0 Å². The molecule has 0 spiro atoms. The molecule has 84 valence electrons. The number of aliphatic hydroxyl groups excluding tert-OH is 1. The van der Waals surface area contributed by atoms with Gasteiger partial charge in [0, 0.05) is 11.1 Å². The Hall–Kier alpha value is -0.480. The van der Waals surface area contributed by atoms with Crippen LogP contribution in [0.2, 0.25) is 10.0 Å². The van der Waals surface area contributed by atoms with E-state index in [1.165, 1.54) is 7.11 Å².